The van der Waals surface area contributed by atoms with Gasteiger partial charge < -0.3 is 8.85 Å². The van der Waals surface area contributed by atoms with E-state index in [0.29, 0.717) is 5.56 Å². The monoisotopic (exact) mass is 636 g/mol. The van der Waals surface area contributed by atoms with E-state index in [4.69, 9.17) is 8.85 Å². The van der Waals surface area contributed by atoms with Crippen LogP contribution in [0.15, 0.2) is 64.1 Å². The zero-order chi connectivity index (χ0) is 32.0. The topological polar surface area (TPSA) is 69.7 Å². The van der Waals surface area contributed by atoms with Gasteiger partial charge in [0, 0.05) is 11.2 Å². The van der Waals surface area contributed by atoms with Crippen molar-refractivity contribution in [3.63, 3.8) is 0 Å². The summed E-state index contributed by atoms with van der Waals surface area (Å²) in [5, 5.41) is 0.234. The molecule has 0 saturated heterocycles. The Labute approximate surface area is 256 Å². The van der Waals surface area contributed by atoms with Crippen LogP contribution < -0.4 is 0 Å². The van der Waals surface area contributed by atoms with E-state index < -0.39 is 32.6 Å². The van der Waals surface area contributed by atoms with Crippen LogP contribution in [0.25, 0.3) is 6.08 Å². The average molecular weight is 637 g/mol. The number of allylic oxidation sites excluding steroid dienone is 1. The molecular weight excluding hydrogens is 585 g/mol. The number of carbonyl (C=O) groups excluding carboxylic acids is 1. The normalized spacial score (nSPS) is 14.1. The standard InChI is InChI=1S/C16H26O4SSi.C16H26OSSi/c1-12(17)15(20-22(6,7)16(2,3)4)13-8-10-14(11-9-13)21(5,18)19;1-13(17-19(6,7)16(2,3)4)12-14-8-10-15(18-5)11-9-14/h8-11,15H,1-7H3;8-12H,1-7H3/b;13-12-. The van der Waals surface area contributed by atoms with Gasteiger partial charge in [0.15, 0.2) is 23.9 Å². The molecule has 0 aromatic heterocycles. The maximum atomic E-state index is 12.0. The summed E-state index contributed by atoms with van der Waals surface area (Å²) in [7, 11) is -7.06. The molecule has 0 amide bonds. The van der Waals surface area contributed by atoms with Gasteiger partial charge in [0.2, 0.25) is 8.32 Å². The van der Waals surface area contributed by atoms with Crippen molar-refractivity contribution in [3.05, 3.63) is 65.4 Å². The van der Waals surface area contributed by atoms with E-state index in [1.54, 1.807) is 23.9 Å². The predicted octanol–water partition coefficient (Wildman–Crippen LogP) is 9.53. The SMILES string of the molecule is CC(=O)C(O[Si](C)(C)C(C)(C)C)c1ccc(S(C)(=O)=O)cc1.CSc1ccc(/C=C(/C)O[Si](C)(C)C(C)(C)C)cc1. The first-order chi connectivity index (χ1) is 18.4. The minimum Gasteiger partial charge on any atom is -0.547 e. The van der Waals surface area contributed by atoms with E-state index in [9.17, 15) is 13.2 Å². The number of carbonyl (C=O) groups is 1. The summed E-state index contributed by atoms with van der Waals surface area (Å²) in [6.45, 7) is 25.4. The smallest absolute Gasteiger partial charge is 0.250 e. The summed E-state index contributed by atoms with van der Waals surface area (Å²) in [6, 6.07) is 15.0. The first-order valence-electron chi connectivity index (χ1n) is 13.9. The Morgan fingerprint density at radius 3 is 1.66 bits per heavy atom. The number of hydrogen-bond acceptors (Lipinski definition) is 6. The molecule has 41 heavy (non-hydrogen) atoms. The third-order valence-corrected chi connectivity index (χ3v) is 18.7. The lowest BCUT2D eigenvalue weighted by molar-refractivity contribution is -0.124. The highest BCUT2D eigenvalue weighted by Crippen LogP contribution is 2.40. The quantitative estimate of drug-likeness (QED) is 0.155. The van der Waals surface area contributed by atoms with Crippen LogP contribution in [0.1, 0.15) is 72.6 Å². The molecule has 1 atom stereocenters. The minimum absolute atomic E-state index is 0.00655. The van der Waals surface area contributed by atoms with Gasteiger partial charge >= 0.3 is 0 Å². The van der Waals surface area contributed by atoms with Crippen molar-refractivity contribution in [1.82, 2.24) is 0 Å². The van der Waals surface area contributed by atoms with Crippen molar-refractivity contribution in [1.29, 1.82) is 0 Å². The molecule has 0 spiro atoms. The van der Waals surface area contributed by atoms with E-state index in [0.717, 1.165) is 12.0 Å². The maximum Gasteiger partial charge on any atom is 0.250 e. The Morgan fingerprint density at radius 2 is 1.29 bits per heavy atom. The number of rotatable bonds is 9. The Bertz CT molecular complexity index is 1280. The van der Waals surface area contributed by atoms with Crippen molar-refractivity contribution in [2.24, 2.45) is 0 Å². The first-order valence-corrected chi connectivity index (χ1v) is 22.8. The summed E-state index contributed by atoms with van der Waals surface area (Å²) >= 11 is 1.76. The molecule has 9 heteroatoms. The van der Waals surface area contributed by atoms with Crippen LogP contribution in [0.2, 0.25) is 36.3 Å². The van der Waals surface area contributed by atoms with Crippen molar-refractivity contribution in [3.8, 4) is 0 Å². The van der Waals surface area contributed by atoms with Crippen LogP contribution in [0.5, 0.6) is 0 Å². The van der Waals surface area contributed by atoms with Crippen molar-refractivity contribution < 1.29 is 22.1 Å². The van der Waals surface area contributed by atoms with E-state index >= 15 is 0 Å². The summed E-state index contributed by atoms with van der Waals surface area (Å²) in [4.78, 5) is 13.5. The largest absolute Gasteiger partial charge is 0.547 e. The number of sulfone groups is 1. The van der Waals surface area contributed by atoms with Gasteiger partial charge in [-0.05, 0) is 97.8 Å². The van der Waals surface area contributed by atoms with Crippen LogP contribution in [0.4, 0.5) is 0 Å². The van der Waals surface area contributed by atoms with Crippen LogP contribution in [0, 0.1) is 0 Å². The molecule has 2 rings (SSSR count). The van der Waals surface area contributed by atoms with Crippen LogP contribution in [0.3, 0.4) is 0 Å². The number of ketones is 1. The number of hydrogen-bond donors (Lipinski definition) is 0. The highest BCUT2D eigenvalue weighted by atomic mass is 32.2. The predicted molar refractivity (Wildman–Crippen MR) is 181 cm³/mol. The fourth-order valence-electron chi connectivity index (χ4n) is 3.27. The van der Waals surface area contributed by atoms with Gasteiger partial charge in [-0.2, -0.15) is 0 Å². The summed E-state index contributed by atoms with van der Waals surface area (Å²) in [5.41, 5.74) is 1.90. The highest BCUT2D eigenvalue weighted by Gasteiger charge is 2.41. The molecule has 0 saturated carbocycles. The molecule has 0 aliphatic rings. The van der Waals surface area contributed by atoms with Gasteiger partial charge in [-0.15, -0.1) is 11.8 Å². The highest BCUT2D eigenvalue weighted by molar-refractivity contribution is 7.98. The van der Waals surface area contributed by atoms with Crippen LogP contribution >= 0.6 is 11.8 Å². The lowest BCUT2D eigenvalue weighted by Gasteiger charge is -2.38. The molecule has 0 heterocycles. The lowest BCUT2D eigenvalue weighted by Crippen LogP contribution is -2.43. The number of Topliss-reactive ketones (excluding diaryl/α,β-unsaturated/α-hetero) is 1. The minimum atomic E-state index is -3.24. The molecule has 0 aliphatic carbocycles. The molecule has 2 aromatic rings. The summed E-state index contributed by atoms with van der Waals surface area (Å²) in [5.74, 6) is 0.945. The first kappa shape index (κ1) is 37.4. The van der Waals surface area contributed by atoms with Crippen molar-refractivity contribution >= 4 is 50.1 Å². The molecule has 0 fully saturated rings. The van der Waals surface area contributed by atoms with Crippen LogP contribution in [-0.2, 0) is 23.5 Å². The van der Waals surface area contributed by atoms with Gasteiger partial charge in [0.25, 0.3) is 0 Å². The second-order valence-corrected chi connectivity index (χ2v) is 26.0. The number of thioether (sulfide) groups is 1. The van der Waals surface area contributed by atoms with Crippen molar-refractivity contribution in [2.75, 3.05) is 12.5 Å². The molecule has 230 valence electrons. The fourth-order valence-corrected chi connectivity index (χ4v) is 6.72. The molecule has 5 nitrogen and oxygen atoms in total. The molecule has 0 radical (unpaired) electrons. The van der Waals surface area contributed by atoms with Crippen LogP contribution in [-0.4, -0.2) is 43.3 Å². The molecule has 0 N–H and O–H groups in total. The zero-order valence-corrected chi connectivity index (χ0v) is 31.3. The Morgan fingerprint density at radius 1 is 0.829 bits per heavy atom. The van der Waals surface area contributed by atoms with Gasteiger partial charge in [-0.25, -0.2) is 8.42 Å². The Kier molecular flexibility index (Phi) is 13.0. The van der Waals surface area contributed by atoms with Crippen molar-refractivity contribution in [2.45, 2.75) is 108 Å². The van der Waals surface area contributed by atoms with Gasteiger partial charge in [0.1, 0.15) is 6.10 Å². The van der Waals surface area contributed by atoms with Gasteiger partial charge in [0.05, 0.1) is 10.7 Å². The van der Waals surface area contributed by atoms with E-state index in [1.807, 2.05) is 0 Å². The molecule has 1 unspecified atom stereocenters. The third-order valence-electron chi connectivity index (χ3n) is 7.91. The van der Waals surface area contributed by atoms with E-state index in [1.165, 1.54) is 29.5 Å². The van der Waals surface area contributed by atoms with E-state index in [2.05, 4.69) is 111 Å². The average Bonchev–Trinajstić information content (AvgIpc) is 2.81. The fraction of sp³-hybridized carbons (Fsp3) is 0.531. The lowest BCUT2D eigenvalue weighted by atomic mass is 10.1. The molecule has 0 aliphatic heterocycles. The maximum absolute atomic E-state index is 12.0. The molecular formula is C32H52O5S2Si2. The van der Waals surface area contributed by atoms with Gasteiger partial charge in [-0.1, -0.05) is 65.8 Å². The Balaban J connectivity index is 0.000000414. The second kappa shape index (κ2) is 14.2. The zero-order valence-electron chi connectivity index (χ0n) is 27.6. The second-order valence-electron chi connectivity index (χ2n) is 13.6. The third kappa shape index (κ3) is 11.5. The van der Waals surface area contributed by atoms with Gasteiger partial charge in [-0.3, -0.25) is 4.79 Å². The summed E-state index contributed by atoms with van der Waals surface area (Å²) < 4.78 is 35.5. The number of benzene rings is 2. The van der Waals surface area contributed by atoms with E-state index in [-0.39, 0.29) is 20.8 Å². The summed E-state index contributed by atoms with van der Waals surface area (Å²) in [6.07, 6.45) is 4.74. The molecule has 2 aromatic carbocycles. The molecule has 0 bridgehead atoms. The Hall–Kier alpha value is -1.66.